The number of benzene rings is 1. The van der Waals surface area contributed by atoms with Crippen LogP contribution in [-0.2, 0) is 14.8 Å². The molecule has 26 heavy (non-hydrogen) atoms. The van der Waals surface area contributed by atoms with Crippen LogP contribution in [0.4, 0.5) is 0 Å². The van der Waals surface area contributed by atoms with Crippen molar-refractivity contribution in [2.75, 3.05) is 6.54 Å². The van der Waals surface area contributed by atoms with E-state index < -0.39 is 21.5 Å². The SMILES string of the molecule is CC(C)(C)NS(=O)(=O)c1ccc(C(=O)NCCCCCCC(=O)O)cc1. The van der Waals surface area contributed by atoms with Crippen molar-refractivity contribution in [3.63, 3.8) is 0 Å². The Kier molecular flexibility index (Phi) is 8.23. The highest BCUT2D eigenvalue weighted by atomic mass is 32.2. The molecule has 146 valence electrons. The summed E-state index contributed by atoms with van der Waals surface area (Å²) in [7, 11) is -3.62. The van der Waals surface area contributed by atoms with E-state index in [4.69, 9.17) is 5.11 Å². The maximum atomic E-state index is 12.2. The lowest BCUT2D eigenvalue weighted by Crippen LogP contribution is -2.40. The van der Waals surface area contributed by atoms with Gasteiger partial charge in [0, 0.05) is 24.1 Å². The van der Waals surface area contributed by atoms with Gasteiger partial charge in [0.1, 0.15) is 0 Å². The maximum absolute atomic E-state index is 12.2. The van der Waals surface area contributed by atoms with Gasteiger partial charge in [-0.3, -0.25) is 9.59 Å². The molecule has 0 aliphatic carbocycles. The lowest BCUT2D eigenvalue weighted by atomic mass is 10.1. The molecule has 0 aromatic heterocycles. The van der Waals surface area contributed by atoms with Gasteiger partial charge in [-0.1, -0.05) is 12.8 Å². The van der Waals surface area contributed by atoms with Crippen molar-refractivity contribution < 1.29 is 23.1 Å². The van der Waals surface area contributed by atoms with Crippen molar-refractivity contribution in [2.45, 2.75) is 63.3 Å². The summed E-state index contributed by atoms with van der Waals surface area (Å²) in [5.41, 5.74) is -0.190. The summed E-state index contributed by atoms with van der Waals surface area (Å²) < 4.78 is 27.0. The number of sulfonamides is 1. The summed E-state index contributed by atoms with van der Waals surface area (Å²) in [4.78, 5) is 22.6. The van der Waals surface area contributed by atoms with E-state index in [0.717, 1.165) is 19.3 Å². The van der Waals surface area contributed by atoms with Crippen molar-refractivity contribution in [2.24, 2.45) is 0 Å². The van der Waals surface area contributed by atoms with Crippen molar-refractivity contribution in [1.82, 2.24) is 10.0 Å². The number of rotatable bonds is 10. The van der Waals surface area contributed by atoms with E-state index >= 15 is 0 Å². The van der Waals surface area contributed by atoms with Gasteiger partial charge in [-0.25, -0.2) is 13.1 Å². The highest BCUT2D eigenvalue weighted by Crippen LogP contribution is 2.14. The van der Waals surface area contributed by atoms with Gasteiger partial charge in [0.05, 0.1) is 4.90 Å². The number of hydrogen-bond donors (Lipinski definition) is 3. The molecule has 0 unspecified atom stereocenters. The van der Waals surface area contributed by atoms with Gasteiger partial charge < -0.3 is 10.4 Å². The number of carboxylic acids is 1. The van der Waals surface area contributed by atoms with Crippen LogP contribution in [0.5, 0.6) is 0 Å². The number of carbonyl (C=O) groups is 2. The number of unbranched alkanes of at least 4 members (excludes halogenated alkanes) is 3. The van der Waals surface area contributed by atoms with Gasteiger partial charge >= 0.3 is 5.97 Å². The predicted octanol–water partition coefficient (Wildman–Crippen LogP) is 2.53. The third kappa shape index (κ3) is 8.44. The van der Waals surface area contributed by atoms with Gasteiger partial charge in [-0.2, -0.15) is 0 Å². The first-order valence-electron chi connectivity index (χ1n) is 8.65. The second-order valence-electron chi connectivity index (χ2n) is 7.19. The minimum Gasteiger partial charge on any atom is -0.481 e. The molecular weight excluding hydrogens is 356 g/mol. The molecule has 0 aliphatic rings. The topological polar surface area (TPSA) is 113 Å². The Balaban J connectivity index is 2.46. The van der Waals surface area contributed by atoms with E-state index in [1.165, 1.54) is 24.3 Å². The monoisotopic (exact) mass is 384 g/mol. The van der Waals surface area contributed by atoms with Crippen molar-refractivity contribution in [1.29, 1.82) is 0 Å². The first-order chi connectivity index (χ1) is 12.0. The largest absolute Gasteiger partial charge is 0.481 e. The molecule has 1 aromatic carbocycles. The minimum atomic E-state index is -3.62. The fourth-order valence-electron chi connectivity index (χ4n) is 2.31. The quantitative estimate of drug-likeness (QED) is 0.537. The van der Waals surface area contributed by atoms with Crippen LogP contribution < -0.4 is 10.0 Å². The van der Waals surface area contributed by atoms with Crippen LogP contribution in [-0.4, -0.2) is 37.5 Å². The number of carboxylic acid groups (broad SMARTS) is 1. The molecule has 0 heterocycles. The third-order valence-electron chi connectivity index (χ3n) is 3.47. The molecule has 0 saturated carbocycles. The molecular formula is C18H28N2O5S. The molecule has 0 spiro atoms. The van der Waals surface area contributed by atoms with Gasteiger partial charge in [-0.15, -0.1) is 0 Å². The lowest BCUT2D eigenvalue weighted by molar-refractivity contribution is -0.137. The molecule has 1 rings (SSSR count). The van der Waals surface area contributed by atoms with Crippen LogP contribution in [0, 0.1) is 0 Å². The van der Waals surface area contributed by atoms with Crippen molar-refractivity contribution in [3.05, 3.63) is 29.8 Å². The fourth-order valence-corrected chi connectivity index (χ4v) is 3.72. The van der Waals surface area contributed by atoms with Gasteiger partial charge in [-0.05, 0) is 57.9 Å². The minimum absolute atomic E-state index is 0.113. The molecule has 1 amide bonds. The van der Waals surface area contributed by atoms with Crippen molar-refractivity contribution in [3.8, 4) is 0 Å². The van der Waals surface area contributed by atoms with Crippen molar-refractivity contribution >= 4 is 21.9 Å². The number of amides is 1. The number of carbonyl (C=O) groups excluding carboxylic acids is 1. The lowest BCUT2D eigenvalue weighted by Gasteiger charge is -2.20. The van der Waals surface area contributed by atoms with Gasteiger partial charge in [0.15, 0.2) is 0 Å². The van der Waals surface area contributed by atoms with Crippen LogP contribution in [0.3, 0.4) is 0 Å². The summed E-state index contributed by atoms with van der Waals surface area (Å²) in [6.45, 7) is 5.77. The molecule has 7 nitrogen and oxygen atoms in total. The molecule has 0 atom stereocenters. The van der Waals surface area contributed by atoms with Crippen LogP contribution >= 0.6 is 0 Å². The second kappa shape index (κ2) is 9.68. The summed E-state index contributed by atoms with van der Waals surface area (Å²) >= 11 is 0. The molecule has 3 N–H and O–H groups in total. The first-order valence-corrected chi connectivity index (χ1v) is 10.1. The van der Waals surface area contributed by atoms with Gasteiger partial charge in [0.25, 0.3) is 5.91 Å². The van der Waals surface area contributed by atoms with E-state index in [0.29, 0.717) is 18.5 Å². The summed E-state index contributed by atoms with van der Waals surface area (Å²) in [6, 6.07) is 5.79. The highest BCUT2D eigenvalue weighted by molar-refractivity contribution is 7.89. The molecule has 0 fully saturated rings. The Morgan fingerprint density at radius 2 is 1.58 bits per heavy atom. The normalized spacial score (nSPS) is 12.0. The molecule has 8 heteroatoms. The van der Waals surface area contributed by atoms with Crippen LogP contribution in [0.25, 0.3) is 0 Å². The van der Waals surface area contributed by atoms with E-state index in [1.54, 1.807) is 20.8 Å². The zero-order valence-corrected chi connectivity index (χ0v) is 16.4. The molecule has 0 bridgehead atoms. The Morgan fingerprint density at radius 1 is 1.00 bits per heavy atom. The number of aliphatic carboxylic acids is 1. The molecule has 0 aliphatic heterocycles. The predicted molar refractivity (Wildman–Crippen MR) is 99.6 cm³/mol. The third-order valence-corrected chi connectivity index (χ3v) is 5.24. The average Bonchev–Trinajstić information content (AvgIpc) is 2.51. The molecule has 1 aromatic rings. The zero-order chi connectivity index (χ0) is 19.8. The van der Waals surface area contributed by atoms with E-state index in [2.05, 4.69) is 10.0 Å². The standard InChI is InChI=1S/C18H28N2O5S/c1-18(2,3)20-26(24,25)15-11-9-14(10-12-15)17(23)19-13-7-5-4-6-8-16(21)22/h9-12,20H,4-8,13H2,1-3H3,(H,19,23)(H,21,22). The highest BCUT2D eigenvalue weighted by Gasteiger charge is 2.22. The van der Waals surface area contributed by atoms with E-state index in [-0.39, 0.29) is 17.2 Å². The van der Waals surface area contributed by atoms with E-state index in [1.807, 2.05) is 0 Å². The van der Waals surface area contributed by atoms with E-state index in [9.17, 15) is 18.0 Å². The molecule has 0 saturated heterocycles. The smallest absolute Gasteiger partial charge is 0.303 e. The number of nitrogens with one attached hydrogen (secondary N) is 2. The maximum Gasteiger partial charge on any atom is 0.303 e. The Hall–Kier alpha value is -1.93. The zero-order valence-electron chi connectivity index (χ0n) is 15.5. The average molecular weight is 384 g/mol. The second-order valence-corrected chi connectivity index (χ2v) is 8.88. The Morgan fingerprint density at radius 3 is 2.12 bits per heavy atom. The fraction of sp³-hybridized carbons (Fsp3) is 0.556. The number of hydrogen-bond acceptors (Lipinski definition) is 4. The van der Waals surface area contributed by atoms with Crippen LogP contribution in [0.2, 0.25) is 0 Å². The summed E-state index contributed by atoms with van der Waals surface area (Å²) in [6.07, 6.45) is 3.25. The summed E-state index contributed by atoms with van der Waals surface area (Å²) in [5.74, 6) is -1.05. The Labute approximate surface area is 155 Å². The van der Waals surface area contributed by atoms with Crippen LogP contribution in [0.15, 0.2) is 29.2 Å². The Bertz CT molecular complexity index is 706. The summed E-state index contributed by atoms with van der Waals surface area (Å²) in [5, 5.41) is 11.3. The van der Waals surface area contributed by atoms with Gasteiger partial charge in [0.2, 0.25) is 10.0 Å². The first kappa shape index (κ1) is 22.1. The van der Waals surface area contributed by atoms with Crippen LogP contribution in [0.1, 0.15) is 63.2 Å². The molecule has 0 radical (unpaired) electrons.